The number of hydrogen-bond donors (Lipinski definition) is 0. The second-order valence-electron chi connectivity index (χ2n) is 5.40. The Morgan fingerprint density at radius 1 is 0.647 bits per heavy atom. The summed E-state index contributed by atoms with van der Waals surface area (Å²) >= 11 is 0. The second-order valence-corrected chi connectivity index (χ2v) is 5.40. The van der Waals surface area contributed by atoms with Gasteiger partial charge in [-0.3, -0.25) is 0 Å². The maximum absolute atomic E-state index is 2.35. The Hall–Kier alpha value is -1.56. The first kappa shape index (κ1) is 9.47. The lowest BCUT2D eigenvalue weighted by molar-refractivity contribution is 0.839. The molecule has 0 nitrogen and oxygen atoms in total. The fourth-order valence-corrected chi connectivity index (χ4v) is 3.49. The van der Waals surface area contributed by atoms with Crippen LogP contribution < -0.4 is 0 Å². The molecule has 0 heterocycles. The van der Waals surface area contributed by atoms with Gasteiger partial charge in [-0.05, 0) is 47.9 Å². The standard InChI is InChI=1S/C17H16/c1-3-7-15-13(5-1)9-10-14-6-2-4-8-16(14)17(15)11-12-17/h1-8H,9-12H2. The van der Waals surface area contributed by atoms with E-state index < -0.39 is 0 Å². The van der Waals surface area contributed by atoms with Crippen molar-refractivity contribution in [1.82, 2.24) is 0 Å². The molecule has 0 heteroatoms. The molecule has 0 radical (unpaired) electrons. The molecule has 1 saturated carbocycles. The number of benzene rings is 2. The van der Waals surface area contributed by atoms with Gasteiger partial charge in [-0.1, -0.05) is 48.5 Å². The van der Waals surface area contributed by atoms with Crippen LogP contribution in [0, 0.1) is 0 Å². The van der Waals surface area contributed by atoms with Crippen molar-refractivity contribution in [3.8, 4) is 0 Å². The molecular formula is C17H16. The van der Waals surface area contributed by atoms with Gasteiger partial charge in [-0.15, -0.1) is 0 Å². The van der Waals surface area contributed by atoms with Gasteiger partial charge in [0.25, 0.3) is 0 Å². The summed E-state index contributed by atoms with van der Waals surface area (Å²) in [5, 5.41) is 0. The molecule has 1 fully saturated rings. The van der Waals surface area contributed by atoms with Crippen LogP contribution in [0.25, 0.3) is 0 Å². The third-order valence-electron chi connectivity index (χ3n) is 4.48. The molecule has 4 rings (SSSR count). The predicted octanol–water partition coefficient (Wildman–Crippen LogP) is 3.87. The van der Waals surface area contributed by atoms with Gasteiger partial charge in [-0.2, -0.15) is 0 Å². The van der Waals surface area contributed by atoms with Crippen LogP contribution in [-0.2, 0) is 18.3 Å². The summed E-state index contributed by atoms with van der Waals surface area (Å²) in [5.41, 5.74) is 6.72. The lowest BCUT2D eigenvalue weighted by Crippen LogP contribution is -2.10. The lowest BCUT2D eigenvalue weighted by Gasteiger charge is -2.18. The van der Waals surface area contributed by atoms with E-state index in [0.29, 0.717) is 5.41 Å². The van der Waals surface area contributed by atoms with Crippen LogP contribution in [0.5, 0.6) is 0 Å². The Morgan fingerprint density at radius 3 is 1.59 bits per heavy atom. The van der Waals surface area contributed by atoms with Crippen LogP contribution in [0.1, 0.15) is 35.1 Å². The molecule has 2 aliphatic carbocycles. The fraction of sp³-hybridized carbons (Fsp3) is 0.294. The van der Waals surface area contributed by atoms with Gasteiger partial charge < -0.3 is 0 Å². The normalized spacial score (nSPS) is 19.3. The average Bonchev–Trinajstić information content (AvgIpc) is 3.19. The van der Waals surface area contributed by atoms with Crippen LogP contribution in [0.15, 0.2) is 48.5 Å². The summed E-state index contributed by atoms with van der Waals surface area (Å²) in [6.07, 6.45) is 5.08. The summed E-state index contributed by atoms with van der Waals surface area (Å²) in [5.74, 6) is 0. The van der Waals surface area contributed by atoms with E-state index in [9.17, 15) is 0 Å². The van der Waals surface area contributed by atoms with Crippen LogP contribution in [0.3, 0.4) is 0 Å². The van der Waals surface area contributed by atoms with Crippen molar-refractivity contribution < 1.29 is 0 Å². The van der Waals surface area contributed by atoms with Crippen molar-refractivity contribution >= 4 is 0 Å². The van der Waals surface area contributed by atoms with Gasteiger partial charge in [0.2, 0.25) is 0 Å². The van der Waals surface area contributed by atoms with Crippen molar-refractivity contribution in [3.63, 3.8) is 0 Å². The van der Waals surface area contributed by atoms with Crippen molar-refractivity contribution in [2.45, 2.75) is 31.1 Å². The molecule has 17 heavy (non-hydrogen) atoms. The zero-order chi connectivity index (χ0) is 11.3. The van der Waals surface area contributed by atoms with Crippen molar-refractivity contribution in [2.24, 2.45) is 0 Å². The third-order valence-corrected chi connectivity index (χ3v) is 4.48. The Bertz CT molecular complexity index is 527. The molecule has 0 unspecified atom stereocenters. The summed E-state index contributed by atoms with van der Waals surface area (Å²) in [4.78, 5) is 0. The van der Waals surface area contributed by atoms with E-state index in [0.717, 1.165) is 0 Å². The molecule has 2 aliphatic rings. The zero-order valence-electron chi connectivity index (χ0n) is 9.95. The number of aryl methyl sites for hydroxylation is 2. The monoisotopic (exact) mass is 220 g/mol. The number of rotatable bonds is 0. The van der Waals surface area contributed by atoms with Crippen LogP contribution in [0.4, 0.5) is 0 Å². The first-order valence-electron chi connectivity index (χ1n) is 6.57. The quantitative estimate of drug-likeness (QED) is 0.632. The molecule has 0 amide bonds. The molecule has 0 atom stereocenters. The highest BCUT2D eigenvalue weighted by Gasteiger charge is 2.48. The molecule has 1 spiro atoms. The van der Waals surface area contributed by atoms with Gasteiger partial charge in [-0.25, -0.2) is 0 Å². The smallest absolute Gasteiger partial charge is 0.0209 e. The molecule has 2 aromatic rings. The molecular weight excluding hydrogens is 204 g/mol. The van der Waals surface area contributed by atoms with Crippen LogP contribution >= 0.6 is 0 Å². The van der Waals surface area contributed by atoms with E-state index >= 15 is 0 Å². The van der Waals surface area contributed by atoms with Crippen molar-refractivity contribution in [2.75, 3.05) is 0 Å². The first-order valence-corrected chi connectivity index (χ1v) is 6.57. The van der Waals surface area contributed by atoms with Gasteiger partial charge in [0.1, 0.15) is 0 Å². The topological polar surface area (TPSA) is 0 Å². The Kier molecular flexibility index (Phi) is 1.80. The summed E-state index contributed by atoms with van der Waals surface area (Å²) < 4.78 is 0. The largest absolute Gasteiger partial charge is 0.0620 e. The Morgan fingerprint density at radius 2 is 1.12 bits per heavy atom. The van der Waals surface area contributed by atoms with Crippen LogP contribution in [-0.4, -0.2) is 0 Å². The fourth-order valence-electron chi connectivity index (χ4n) is 3.49. The van der Waals surface area contributed by atoms with Gasteiger partial charge in [0.05, 0.1) is 0 Å². The third kappa shape index (κ3) is 1.24. The second kappa shape index (κ2) is 3.22. The highest BCUT2D eigenvalue weighted by Crippen LogP contribution is 2.56. The van der Waals surface area contributed by atoms with E-state index in [1.54, 1.807) is 22.3 Å². The molecule has 0 aliphatic heterocycles. The average molecular weight is 220 g/mol. The van der Waals surface area contributed by atoms with Gasteiger partial charge in [0, 0.05) is 5.41 Å². The minimum Gasteiger partial charge on any atom is -0.0620 e. The summed E-state index contributed by atoms with van der Waals surface area (Å²) in [6.45, 7) is 0. The molecule has 2 aromatic carbocycles. The highest BCUT2D eigenvalue weighted by molar-refractivity contribution is 5.53. The lowest BCUT2D eigenvalue weighted by atomic mass is 9.85. The summed E-state index contributed by atoms with van der Waals surface area (Å²) in [6, 6.07) is 18.1. The molecule has 0 saturated heterocycles. The van der Waals surface area contributed by atoms with E-state index in [4.69, 9.17) is 0 Å². The maximum Gasteiger partial charge on any atom is 0.0209 e. The Balaban J connectivity index is 2.00. The van der Waals surface area contributed by atoms with E-state index in [1.807, 2.05) is 0 Å². The SMILES string of the molecule is c1ccc2c(c1)CCc1ccccc1C21CC1. The van der Waals surface area contributed by atoms with E-state index in [2.05, 4.69) is 48.5 Å². The molecule has 0 N–H and O–H groups in total. The van der Waals surface area contributed by atoms with Crippen molar-refractivity contribution in [3.05, 3.63) is 70.8 Å². The number of hydrogen-bond acceptors (Lipinski definition) is 0. The minimum absolute atomic E-state index is 0.379. The van der Waals surface area contributed by atoms with E-state index in [1.165, 1.54) is 25.7 Å². The van der Waals surface area contributed by atoms with Gasteiger partial charge in [0.15, 0.2) is 0 Å². The van der Waals surface area contributed by atoms with Gasteiger partial charge >= 0.3 is 0 Å². The van der Waals surface area contributed by atoms with E-state index in [-0.39, 0.29) is 0 Å². The molecule has 0 bridgehead atoms. The summed E-state index contributed by atoms with van der Waals surface area (Å²) in [7, 11) is 0. The minimum atomic E-state index is 0.379. The predicted molar refractivity (Wildman–Crippen MR) is 70.3 cm³/mol. The molecule has 84 valence electrons. The van der Waals surface area contributed by atoms with Crippen molar-refractivity contribution in [1.29, 1.82) is 0 Å². The first-order chi connectivity index (χ1) is 8.40. The Labute approximate surface area is 102 Å². The number of fused-ring (bicyclic) bond motifs is 4. The maximum atomic E-state index is 2.35. The highest BCUT2D eigenvalue weighted by atomic mass is 14.5. The molecule has 0 aromatic heterocycles. The van der Waals surface area contributed by atoms with Crippen LogP contribution in [0.2, 0.25) is 0 Å². The zero-order valence-corrected chi connectivity index (χ0v) is 9.95.